The second-order valence-corrected chi connectivity index (χ2v) is 8.25. The van der Waals surface area contributed by atoms with Crippen LogP contribution in [0.1, 0.15) is 28.2 Å². The van der Waals surface area contributed by atoms with Crippen molar-refractivity contribution in [2.45, 2.75) is 26.3 Å². The molecule has 2 aromatic rings. The lowest BCUT2D eigenvalue weighted by atomic mass is 9.71. The van der Waals surface area contributed by atoms with Crippen LogP contribution < -0.4 is 0 Å². The summed E-state index contributed by atoms with van der Waals surface area (Å²) in [6.07, 6.45) is 0. The summed E-state index contributed by atoms with van der Waals surface area (Å²) in [6, 6.07) is 0. The summed E-state index contributed by atoms with van der Waals surface area (Å²) in [5.74, 6) is 1.36. The van der Waals surface area contributed by atoms with Gasteiger partial charge >= 0.3 is 0 Å². The van der Waals surface area contributed by atoms with E-state index in [0.717, 1.165) is 25.3 Å². The van der Waals surface area contributed by atoms with Gasteiger partial charge in [-0.3, -0.25) is 9.69 Å². The van der Waals surface area contributed by atoms with Gasteiger partial charge in [0.15, 0.2) is 5.82 Å². The number of aromatic nitrogens is 3. The lowest BCUT2D eigenvalue weighted by molar-refractivity contribution is -0.135. The molecule has 0 aromatic carbocycles. The third-order valence-corrected chi connectivity index (χ3v) is 6.32. The number of ether oxygens (including phenoxy) is 1. The van der Waals surface area contributed by atoms with Crippen molar-refractivity contribution >= 4 is 17.2 Å². The second-order valence-electron chi connectivity index (χ2n) is 7.31. The number of carbonyl (C=O) groups excluding carboxylic acids is 1. The lowest BCUT2D eigenvalue weighted by Gasteiger charge is -2.50. The van der Waals surface area contributed by atoms with Crippen LogP contribution >= 0.6 is 11.3 Å². The highest BCUT2D eigenvalue weighted by Crippen LogP contribution is 2.49. The van der Waals surface area contributed by atoms with E-state index in [9.17, 15) is 4.79 Å². The topological polar surface area (TPSA) is 84.6 Å². The average Bonchev–Trinajstić information content (AvgIpc) is 3.27. The van der Waals surface area contributed by atoms with Crippen LogP contribution in [0.4, 0.5) is 0 Å². The molecule has 4 rings (SSSR count). The zero-order valence-corrected chi connectivity index (χ0v) is 16.1. The summed E-state index contributed by atoms with van der Waals surface area (Å²) in [4.78, 5) is 26.7. The molecule has 0 bridgehead atoms. The van der Waals surface area contributed by atoms with Gasteiger partial charge in [0.1, 0.15) is 6.61 Å². The van der Waals surface area contributed by atoms with Crippen molar-refractivity contribution in [1.82, 2.24) is 24.9 Å². The standard InChI is InChI=1S/C17H23N5O3S/c1-11-14(26-10-18-11)5-21-7-17(8-21)9-22(15(23)6-24-3)4-13(17)16-19-12(2)20-25-16/h10,13H,4-9H2,1-3H3. The molecule has 2 saturated heterocycles. The molecule has 2 fully saturated rings. The Bertz CT molecular complexity index is 798. The maximum atomic E-state index is 12.4. The van der Waals surface area contributed by atoms with E-state index in [2.05, 4.69) is 20.0 Å². The first-order valence-corrected chi connectivity index (χ1v) is 9.57. The second kappa shape index (κ2) is 6.71. The molecule has 8 nitrogen and oxygen atoms in total. The normalized spacial score (nSPS) is 22.1. The van der Waals surface area contributed by atoms with Gasteiger partial charge in [-0.05, 0) is 13.8 Å². The molecule has 1 amide bonds. The highest BCUT2D eigenvalue weighted by molar-refractivity contribution is 7.09. The predicted octanol–water partition coefficient (Wildman–Crippen LogP) is 1.22. The van der Waals surface area contributed by atoms with Crippen LogP contribution in [0.15, 0.2) is 10.0 Å². The number of thiazole rings is 1. The van der Waals surface area contributed by atoms with E-state index < -0.39 is 0 Å². The van der Waals surface area contributed by atoms with Gasteiger partial charge in [-0.1, -0.05) is 5.16 Å². The van der Waals surface area contributed by atoms with Crippen molar-refractivity contribution in [3.05, 3.63) is 27.8 Å². The minimum absolute atomic E-state index is 0.0161. The Kier molecular flexibility index (Phi) is 4.54. The minimum atomic E-state index is -0.0268. The highest BCUT2D eigenvalue weighted by Gasteiger charge is 2.57. The number of nitrogens with zero attached hydrogens (tertiary/aromatic N) is 5. The Morgan fingerprint density at radius 2 is 2.23 bits per heavy atom. The van der Waals surface area contributed by atoms with Crippen LogP contribution in [0.5, 0.6) is 0 Å². The molecule has 0 aliphatic carbocycles. The smallest absolute Gasteiger partial charge is 0.248 e. The third kappa shape index (κ3) is 3.04. The molecular formula is C17H23N5O3S. The molecule has 2 aliphatic heterocycles. The summed E-state index contributed by atoms with van der Waals surface area (Å²) in [5.41, 5.74) is 2.97. The first kappa shape index (κ1) is 17.6. The van der Waals surface area contributed by atoms with Crippen LogP contribution in [0.25, 0.3) is 0 Å². The number of rotatable bonds is 5. The molecule has 0 saturated carbocycles. The van der Waals surface area contributed by atoms with Crippen molar-refractivity contribution in [3.63, 3.8) is 0 Å². The van der Waals surface area contributed by atoms with Gasteiger partial charge in [-0.15, -0.1) is 11.3 Å². The third-order valence-electron chi connectivity index (χ3n) is 5.40. The van der Waals surface area contributed by atoms with Crippen molar-refractivity contribution in [1.29, 1.82) is 0 Å². The zero-order valence-electron chi connectivity index (χ0n) is 15.3. The summed E-state index contributed by atoms with van der Waals surface area (Å²) < 4.78 is 10.5. The Morgan fingerprint density at radius 3 is 2.85 bits per heavy atom. The molecular weight excluding hydrogens is 354 g/mol. The number of aryl methyl sites for hydroxylation is 2. The highest BCUT2D eigenvalue weighted by atomic mass is 32.1. The monoisotopic (exact) mass is 377 g/mol. The van der Waals surface area contributed by atoms with Gasteiger partial charge in [-0.25, -0.2) is 4.98 Å². The fourth-order valence-electron chi connectivity index (χ4n) is 4.13. The molecule has 2 aromatic heterocycles. The Hall–Kier alpha value is -1.84. The first-order valence-electron chi connectivity index (χ1n) is 8.69. The maximum absolute atomic E-state index is 12.4. The number of likely N-dealkylation sites (tertiary alicyclic amines) is 2. The summed E-state index contributed by atoms with van der Waals surface area (Å²) in [7, 11) is 1.55. The van der Waals surface area contributed by atoms with Crippen LogP contribution in [0, 0.1) is 19.3 Å². The molecule has 1 unspecified atom stereocenters. The van der Waals surface area contributed by atoms with Gasteiger partial charge < -0.3 is 14.2 Å². The van der Waals surface area contributed by atoms with Crippen molar-refractivity contribution in [2.75, 3.05) is 39.9 Å². The van der Waals surface area contributed by atoms with Crippen LogP contribution in [-0.2, 0) is 16.1 Å². The van der Waals surface area contributed by atoms with E-state index in [1.807, 2.05) is 24.3 Å². The van der Waals surface area contributed by atoms with Gasteiger partial charge in [0.05, 0.1) is 17.1 Å². The maximum Gasteiger partial charge on any atom is 0.248 e. The minimum Gasteiger partial charge on any atom is -0.375 e. The van der Waals surface area contributed by atoms with Crippen molar-refractivity contribution in [2.24, 2.45) is 5.41 Å². The van der Waals surface area contributed by atoms with Gasteiger partial charge in [0.2, 0.25) is 11.8 Å². The molecule has 1 atom stereocenters. The molecule has 4 heterocycles. The van der Waals surface area contributed by atoms with Crippen molar-refractivity contribution < 1.29 is 14.1 Å². The van der Waals surface area contributed by atoms with E-state index in [1.165, 1.54) is 4.88 Å². The fourth-order valence-corrected chi connectivity index (χ4v) is 4.94. The van der Waals surface area contributed by atoms with Crippen LogP contribution in [0.2, 0.25) is 0 Å². The van der Waals surface area contributed by atoms with E-state index >= 15 is 0 Å². The number of hydrogen-bond donors (Lipinski definition) is 0. The first-order chi connectivity index (χ1) is 12.5. The summed E-state index contributed by atoms with van der Waals surface area (Å²) >= 11 is 1.70. The SMILES string of the molecule is COCC(=O)N1CC(c2nc(C)no2)C2(CN(Cc3scnc3C)C2)C1. The molecule has 0 N–H and O–H groups in total. The lowest BCUT2D eigenvalue weighted by Crippen LogP contribution is -2.59. The molecule has 1 spiro atoms. The summed E-state index contributed by atoms with van der Waals surface area (Å²) in [5, 5.41) is 3.95. The predicted molar refractivity (Wildman–Crippen MR) is 94.8 cm³/mol. The van der Waals surface area contributed by atoms with Gasteiger partial charge in [0, 0.05) is 50.1 Å². The Balaban J connectivity index is 1.51. The van der Waals surface area contributed by atoms with Crippen molar-refractivity contribution in [3.8, 4) is 0 Å². The summed E-state index contributed by atoms with van der Waals surface area (Å²) in [6.45, 7) is 8.01. The number of hydrogen-bond acceptors (Lipinski definition) is 8. The van der Waals surface area contributed by atoms with Crippen LogP contribution in [-0.4, -0.2) is 70.7 Å². The number of carbonyl (C=O) groups is 1. The van der Waals surface area contributed by atoms with Gasteiger partial charge in [-0.2, -0.15) is 4.98 Å². The van der Waals surface area contributed by atoms with Gasteiger partial charge in [0.25, 0.3) is 0 Å². The molecule has 140 valence electrons. The van der Waals surface area contributed by atoms with E-state index in [4.69, 9.17) is 9.26 Å². The van der Waals surface area contributed by atoms with E-state index in [0.29, 0.717) is 24.8 Å². The number of amides is 1. The van der Waals surface area contributed by atoms with Crippen LogP contribution in [0.3, 0.4) is 0 Å². The quantitative estimate of drug-likeness (QED) is 0.774. The Labute approximate surface area is 156 Å². The molecule has 0 radical (unpaired) electrons. The molecule has 9 heteroatoms. The van der Waals surface area contributed by atoms with E-state index in [-0.39, 0.29) is 23.8 Å². The fraction of sp³-hybridized carbons (Fsp3) is 0.647. The molecule has 26 heavy (non-hydrogen) atoms. The van der Waals surface area contributed by atoms with E-state index in [1.54, 1.807) is 18.4 Å². The molecule has 2 aliphatic rings. The zero-order chi connectivity index (χ0) is 18.3. The Morgan fingerprint density at radius 1 is 1.42 bits per heavy atom. The largest absolute Gasteiger partial charge is 0.375 e. The number of methoxy groups -OCH3 is 1. The average molecular weight is 377 g/mol.